The number of nitrogen functional groups attached to an aromatic ring is 1. The van der Waals surface area contributed by atoms with Crippen molar-refractivity contribution >= 4 is 11.6 Å². The van der Waals surface area contributed by atoms with Gasteiger partial charge in [0, 0.05) is 24.3 Å². The van der Waals surface area contributed by atoms with Crippen LogP contribution in [-0.4, -0.2) is 17.4 Å². The van der Waals surface area contributed by atoms with Crippen LogP contribution in [0.3, 0.4) is 0 Å². The number of rotatable bonds is 4. The van der Waals surface area contributed by atoms with E-state index in [2.05, 4.69) is 0 Å². The summed E-state index contributed by atoms with van der Waals surface area (Å²) >= 11 is 0. The number of benzene rings is 2. The molecule has 0 aliphatic rings. The predicted octanol–water partition coefficient (Wildman–Crippen LogP) is 3.24. The molecule has 2 aromatic carbocycles. The van der Waals surface area contributed by atoms with E-state index in [0.717, 1.165) is 22.4 Å². The molecule has 0 saturated heterocycles. The minimum absolute atomic E-state index is 0.0717. The topological polar surface area (TPSA) is 46.3 Å². The van der Waals surface area contributed by atoms with Crippen LogP contribution < -0.4 is 5.73 Å². The smallest absolute Gasteiger partial charge is 0.254 e. The zero-order valence-electron chi connectivity index (χ0n) is 12.0. The molecule has 0 bridgehead atoms. The van der Waals surface area contributed by atoms with Crippen molar-refractivity contribution < 1.29 is 4.79 Å². The number of anilines is 1. The lowest BCUT2D eigenvalue weighted by molar-refractivity contribution is 0.0752. The fraction of sp³-hybridized carbons (Fsp3) is 0.235. The van der Waals surface area contributed by atoms with Crippen LogP contribution in [0, 0.1) is 6.92 Å². The lowest BCUT2D eigenvalue weighted by atomic mass is 10.1. The molecule has 0 aliphatic carbocycles. The van der Waals surface area contributed by atoms with E-state index in [0.29, 0.717) is 13.1 Å². The Kier molecular flexibility index (Phi) is 4.41. The second kappa shape index (κ2) is 6.24. The summed E-state index contributed by atoms with van der Waals surface area (Å²) in [7, 11) is 0. The fourth-order valence-electron chi connectivity index (χ4n) is 2.15. The zero-order valence-corrected chi connectivity index (χ0v) is 12.0. The maximum absolute atomic E-state index is 12.6. The van der Waals surface area contributed by atoms with Crippen molar-refractivity contribution in [3.63, 3.8) is 0 Å². The van der Waals surface area contributed by atoms with Crippen molar-refractivity contribution in [3.05, 3.63) is 65.2 Å². The van der Waals surface area contributed by atoms with Crippen LogP contribution in [0.5, 0.6) is 0 Å². The number of carbonyl (C=O) groups excluding carboxylic acids is 1. The van der Waals surface area contributed by atoms with Gasteiger partial charge in [0.2, 0.25) is 0 Å². The Labute approximate surface area is 120 Å². The molecule has 20 heavy (non-hydrogen) atoms. The monoisotopic (exact) mass is 268 g/mol. The Balaban J connectivity index is 2.18. The van der Waals surface area contributed by atoms with Gasteiger partial charge in [0.05, 0.1) is 0 Å². The summed E-state index contributed by atoms with van der Waals surface area (Å²) in [5.74, 6) is 0.0717. The molecule has 0 aromatic heterocycles. The SMILES string of the molecule is CCN(Cc1ccc(N)cc1)C(=O)c1ccccc1C. The van der Waals surface area contributed by atoms with Crippen molar-refractivity contribution in [2.45, 2.75) is 20.4 Å². The molecule has 0 atom stereocenters. The van der Waals surface area contributed by atoms with Gasteiger partial charge in [-0.1, -0.05) is 30.3 Å². The van der Waals surface area contributed by atoms with Gasteiger partial charge in [-0.3, -0.25) is 4.79 Å². The largest absolute Gasteiger partial charge is 0.399 e. The first-order valence-electron chi connectivity index (χ1n) is 6.81. The van der Waals surface area contributed by atoms with Crippen LogP contribution in [0.25, 0.3) is 0 Å². The van der Waals surface area contributed by atoms with E-state index in [1.165, 1.54) is 0 Å². The van der Waals surface area contributed by atoms with E-state index in [1.807, 2.05) is 67.3 Å². The van der Waals surface area contributed by atoms with E-state index >= 15 is 0 Å². The Morgan fingerprint density at radius 2 is 1.75 bits per heavy atom. The quantitative estimate of drug-likeness (QED) is 0.865. The minimum Gasteiger partial charge on any atom is -0.399 e. The summed E-state index contributed by atoms with van der Waals surface area (Å²) < 4.78 is 0. The summed E-state index contributed by atoms with van der Waals surface area (Å²) in [6.07, 6.45) is 0. The van der Waals surface area contributed by atoms with Crippen molar-refractivity contribution in [2.24, 2.45) is 0 Å². The summed E-state index contributed by atoms with van der Waals surface area (Å²) in [5.41, 5.74) is 9.28. The van der Waals surface area contributed by atoms with Crippen molar-refractivity contribution in [2.75, 3.05) is 12.3 Å². The molecule has 2 N–H and O–H groups in total. The number of amides is 1. The number of nitrogens with two attached hydrogens (primary N) is 1. The summed E-state index contributed by atoms with van der Waals surface area (Å²) in [6.45, 7) is 5.24. The van der Waals surface area contributed by atoms with Crippen molar-refractivity contribution in [1.29, 1.82) is 0 Å². The molecule has 2 aromatic rings. The van der Waals surface area contributed by atoms with Crippen molar-refractivity contribution in [3.8, 4) is 0 Å². The molecule has 0 aliphatic heterocycles. The second-order valence-corrected chi connectivity index (χ2v) is 4.88. The van der Waals surface area contributed by atoms with Crippen LogP contribution in [0.15, 0.2) is 48.5 Å². The third-order valence-electron chi connectivity index (χ3n) is 3.40. The summed E-state index contributed by atoms with van der Waals surface area (Å²) in [5, 5.41) is 0. The number of hydrogen-bond acceptors (Lipinski definition) is 2. The molecular weight excluding hydrogens is 248 g/mol. The van der Waals surface area contributed by atoms with Gasteiger partial charge in [-0.05, 0) is 43.2 Å². The summed E-state index contributed by atoms with van der Waals surface area (Å²) in [4.78, 5) is 14.4. The van der Waals surface area contributed by atoms with Gasteiger partial charge in [0.15, 0.2) is 0 Å². The number of nitrogens with zero attached hydrogens (tertiary/aromatic N) is 1. The normalized spacial score (nSPS) is 10.3. The highest BCUT2D eigenvalue weighted by Gasteiger charge is 2.15. The first-order valence-corrected chi connectivity index (χ1v) is 6.81. The van der Waals surface area contributed by atoms with Gasteiger partial charge in [-0.15, -0.1) is 0 Å². The molecular formula is C17H20N2O. The van der Waals surface area contributed by atoms with E-state index < -0.39 is 0 Å². The molecule has 0 heterocycles. The average Bonchev–Trinajstić information content (AvgIpc) is 2.46. The first kappa shape index (κ1) is 14.1. The Morgan fingerprint density at radius 3 is 2.35 bits per heavy atom. The molecule has 2 rings (SSSR count). The van der Waals surface area contributed by atoms with Crippen LogP contribution in [0.1, 0.15) is 28.4 Å². The highest BCUT2D eigenvalue weighted by atomic mass is 16.2. The van der Waals surface area contributed by atoms with Gasteiger partial charge >= 0.3 is 0 Å². The standard InChI is InChI=1S/C17H20N2O/c1-3-19(12-14-8-10-15(18)11-9-14)17(20)16-7-5-4-6-13(16)2/h4-11H,3,12,18H2,1-2H3. The summed E-state index contributed by atoms with van der Waals surface area (Å²) in [6, 6.07) is 15.3. The lowest BCUT2D eigenvalue weighted by Gasteiger charge is -2.22. The molecule has 0 radical (unpaired) electrons. The van der Waals surface area contributed by atoms with Gasteiger partial charge in [-0.2, -0.15) is 0 Å². The van der Waals surface area contributed by atoms with Crippen LogP contribution in [0.4, 0.5) is 5.69 Å². The average molecular weight is 268 g/mol. The van der Waals surface area contributed by atoms with Gasteiger partial charge in [-0.25, -0.2) is 0 Å². The van der Waals surface area contributed by atoms with E-state index in [4.69, 9.17) is 5.73 Å². The lowest BCUT2D eigenvalue weighted by Crippen LogP contribution is -2.30. The molecule has 3 nitrogen and oxygen atoms in total. The third kappa shape index (κ3) is 3.18. The molecule has 1 amide bonds. The number of aryl methyl sites for hydroxylation is 1. The molecule has 0 saturated carbocycles. The van der Waals surface area contributed by atoms with E-state index in [1.54, 1.807) is 0 Å². The second-order valence-electron chi connectivity index (χ2n) is 4.88. The Hall–Kier alpha value is -2.29. The van der Waals surface area contributed by atoms with E-state index in [-0.39, 0.29) is 5.91 Å². The van der Waals surface area contributed by atoms with Crippen LogP contribution >= 0.6 is 0 Å². The molecule has 0 unspecified atom stereocenters. The maximum Gasteiger partial charge on any atom is 0.254 e. The zero-order chi connectivity index (χ0) is 14.5. The molecule has 3 heteroatoms. The predicted molar refractivity (Wildman–Crippen MR) is 82.4 cm³/mol. The van der Waals surface area contributed by atoms with Gasteiger partial charge in [0.25, 0.3) is 5.91 Å². The highest BCUT2D eigenvalue weighted by Crippen LogP contribution is 2.14. The van der Waals surface area contributed by atoms with Crippen LogP contribution in [0.2, 0.25) is 0 Å². The Morgan fingerprint density at radius 1 is 1.10 bits per heavy atom. The molecule has 0 fully saturated rings. The fourth-order valence-corrected chi connectivity index (χ4v) is 2.15. The Bertz CT molecular complexity index is 590. The number of hydrogen-bond donors (Lipinski definition) is 1. The van der Waals surface area contributed by atoms with Gasteiger partial charge < -0.3 is 10.6 Å². The molecule has 104 valence electrons. The highest BCUT2D eigenvalue weighted by molar-refractivity contribution is 5.95. The number of carbonyl (C=O) groups is 1. The minimum atomic E-state index is 0.0717. The maximum atomic E-state index is 12.6. The first-order chi connectivity index (χ1) is 9.61. The third-order valence-corrected chi connectivity index (χ3v) is 3.40. The van der Waals surface area contributed by atoms with Gasteiger partial charge in [0.1, 0.15) is 0 Å². The molecule has 0 spiro atoms. The van der Waals surface area contributed by atoms with E-state index in [9.17, 15) is 4.79 Å². The van der Waals surface area contributed by atoms with Crippen molar-refractivity contribution in [1.82, 2.24) is 4.90 Å². The van der Waals surface area contributed by atoms with Crippen LogP contribution in [-0.2, 0) is 6.54 Å².